The fourth-order valence-corrected chi connectivity index (χ4v) is 5.54. The average molecular weight is 469 g/mol. The number of fused-ring (bicyclic) bond motifs is 5. The second-order valence-corrected chi connectivity index (χ2v) is 7.44. The number of benzene rings is 1. The standard InChI is InChI=1S/C18H24O2.Au/c1-18-9-8-14-13-5-3-12(19)10-11(13)2-4-15(14)16(18)6-7-17(18)20;/h3,5,10,14-17,19-20H,2,4,6-9H2,1H3;/t14-,15-,16+,17-,18+;/m1./s1. The molecule has 0 spiro atoms. The molecule has 21 heavy (non-hydrogen) atoms. The minimum Gasteiger partial charge on any atom is -0.508 e. The molecule has 1 aromatic rings. The number of aliphatic hydroxyl groups excluding tert-OH is 1. The van der Waals surface area contributed by atoms with Crippen LogP contribution >= 0.6 is 0 Å². The molecule has 0 unspecified atom stereocenters. The Morgan fingerprint density at radius 3 is 2.76 bits per heavy atom. The maximum Gasteiger partial charge on any atom is 0.115 e. The number of rotatable bonds is 0. The van der Waals surface area contributed by atoms with Crippen molar-refractivity contribution in [1.29, 1.82) is 0 Å². The maximum absolute atomic E-state index is 10.4. The Morgan fingerprint density at radius 1 is 1.14 bits per heavy atom. The molecule has 5 atom stereocenters. The molecule has 0 bridgehead atoms. The van der Waals surface area contributed by atoms with E-state index in [1.807, 2.05) is 12.1 Å². The number of phenolic OH excluding ortho intramolecular Hbond substituents is 1. The molecule has 1 aromatic carbocycles. The van der Waals surface area contributed by atoms with Gasteiger partial charge in [0.05, 0.1) is 6.10 Å². The number of hydrogen-bond acceptors (Lipinski definition) is 2. The molecular weight excluding hydrogens is 445 g/mol. The Morgan fingerprint density at radius 2 is 1.95 bits per heavy atom. The van der Waals surface area contributed by atoms with Crippen LogP contribution in [-0.4, -0.2) is 16.3 Å². The van der Waals surface area contributed by atoms with Crippen molar-refractivity contribution in [3.05, 3.63) is 29.3 Å². The fraction of sp³-hybridized carbons (Fsp3) is 0.667. The summed E-state index contributed by atoms with van der Waals surface area (Å²) in [5.41, 5.74) is 2.99. The first-order chi connectivity index (χ1) is 9.59. The van der Waals surface area contributed by atoms with Crippen molar-refractivity contribution in [1.82, 2.24) is 0 Å². The van der Waals surface area contributed by atoms with E-state index in [4.69, 9.17) is 0 Å². The second kappa shape index (κ2) is 5.42. The van der Waals surface area contributed by atoms with Gasteiger partial charge in [0.15, 0.2) is 0 Å². The van der Waals surface area contributed by atoms with Gasteiger partial charge in [0.25, 0.3) is 0 Å². The molecule has 0 saturated heterocycles. The Kier molecular flexibility index (Phi) is 4.03. The van der Waals surface area contributed by atoms with E-state index in [0.29, 0.717) is 17.6 Å². The molecule has 0 aromatic heterocycles. The summed E-state index contributed by atoms with van der Waals surface area (Å²) in [5.74, 6) is 2.49. The first-order valence-electron chi connectivity index (χ1n) is 8.09. The summed E-state index contributed by atoms with van der Waals surface area (Å²) >= 11 is 0. The van der Waals surface area contributed by atoms with Gasteiger partial charge in [0, 0.05) is 22.4 Å². The van der Waals surface area contributed by atoms with E-state index in [2.05, 4.69) is 13.0 Å². The van der Waals surface area contributed by atoms with Gasteiger partial charge in [0.2, 0.25) is 0 Å². The predicted molar refractivity (Wildman–Crippen MR) is 78.7 cm³/mol. The summed E-state index contributed by atoms with van der Waals surface area (Å²) in [6.07, 6.45) is 6.78. The van der Waals surface area contributed by atoms with E-state index in [0.717, 1.165) is 25.2 Å². The summed E-state index contributed by atoms with van der Waals surface area (Å²) in [6, 6.07) is 5.96. The third kappa shape index (κ3) is 2.23. The van der Waals surface area contributed by atoms with Crippen LogP contribution < -0.4 is 0 Å². The zero-order valence-electron chi connectivity index (χ0n) is 12.5. The Balaban J connectivity index is 0.00000132. The van der Waals surface area contributed by atoms with Crippen molar-refractivity contribution in [3.63, 3.8) is 0 Å². The molecular formula is C18H24AuO2. The Labute approximate surface area is 142 Å². The summed E-state index contributed by atoms with van der Waals surface area (Å²) in [4.78, 5) is 0. The minimum absolute atomic E-state index is 0. The van der Waals surface area contributed by atoms with Crippen LogP contribution in [0.25, 0.3) is 0 Å². The monoisotopic (exact) mass is 469 g/mol. The normalized spacial score (nSPS) is 40.7. The van der Waals surface area contributed by atoms with Crippen molar-refractivity contribution in [2.24, 2.45) is 17.3 Å². The third-order valence-corrected chi connectivity index (χ3v) is 6.66. The van der Waals surface area contributed by atoms with E-state index in [1.165, 1.54) is 30.4 Å². The smallest absolute Gasteiger partial charge is 0.115 e. The third-order valence-electron chi connectivity index (χ3n) is 6.66. The van der Waals surface area contributed by atoms with Crippen LogP contribution in [0.15, 0.2) is 18.2 Å². The van der Waals surface area contributed by atoms with Crippen LogP contribution in [0.2, 0.25) is 0 Å². The molecule has 3 heteroatoms. The molecule has 3 aliphatic rings. The van der Waals surface area contributed by atoms with Gasteiger partial charge >= 0.3 is 0 Å². The van der Waals surface area contributed by atoms with Gasteiger partial charge in [-0.3, -0.25) is 0 Å². The average Bonchev–Trinajstić information content (AvgIpc) is 2.74. The quantitative estimate of drug-likeness (QED) is 0.571. The van der Waals surface area contributed by atoms with Crippen molar-refractivity contribution in [3.8, 4) is 5.75 Å². The largest absolute Gasteiger partial charge is 0.508 e. The number of aryl methyl sites for hydroxylation is 1. The molecule has 2 fully saturated rings. The molecule has 0 amide bonds. The van der Waals surface area contributed by atoms with Gasteiger partial charge in [-0.2, -0.15) is 0 Å². The summed E-state index contributed by atoms with van der Waals surface area (Å²) < 4.78 is 0. The van der Waals surface area contributed by atoms with Crippen molar-refractivity contribution in [2.45, 2.75) is 57.5 Å². The summed E-state index contributed by atoms with van der Waals surface area (Å²) in [7, 11) is 0. The molecule has 4 rings (SSSR count). The van der Waals surface area contributed by atoms with Crippen LogP contribution in [0, 0.1) is 17.3 Å². The van der Waals surface area contributed by atoms with Gasteiger partial charge in [-0.1, -0.05) is 13.0 Å². The predicted octanol–water partition coefficient (Wildman–Crippen LogP) is 3.61. The van der Waals surface area contributed by atoms with Crippen molar-refractivity contribution >= 4 is 0 Å². The molecule has 0 heterocycles. The van der Waals surface area contributed by atoms with Gasteiger partial charge in [-0.25, -0.2) is 0 Å². The zero-order chi connectivity index (χ0) is 13.9. The number of phenols is 1. The number of aliphatic hydroxyl groups is 1. The SMILES string of the molecule is C[C@]12CC[C@@H]3c4ccc(O)cc4CC[C@H]3[C@@H]1CC[C@H]2O.[Au]. The Bertz CT molecular complexity index is 544. The number of hydrogen-bond donors (Lipinski definition) is 2. The van der Waals surface area contributed by atoms with E-state index in [9.17, 15) is 10.2 Å². The maximum atomic E-state index is 10.4. The first-order valence-corrected chi connectivity index (χ1v) is 8.09. The van der Waals surface area contributed by atoms with Crippen molar-refractivity contribution < 1.29 is 32.6 Å². The second-order valence-electron chi connectivity index (χ2n) is 7.44. The van der Waals surface area contributed by atoms with E-state index >= 15 is 0 Å². The van der Waals surface area contributed by atoms with E-state index in [-0.39, 0.29) is 33.9 Å². The van der Waals surface area contributed by atoms with E-state index in [1.54, 1.807) is 0 Å². The van der Waals surface area contributed by atoms with Crippen LogP contribution in [0.5, 0.6) is 5.75 Å². The van der Waals surface area contributed by atoms with Gasteiger partial charge in [-0.05, 0) is 85.0 Å². The van der Waals surface area contributed by atoms with Crippen LogP contribution in [0.3, 0.4) is 0 Å². The summed E-state index contributed by atoms with van der Waals surface area (Å²) in [6.45, 7) is 2.32. The topological polar surface area (TPSA) is 40.5 Å². The van der Waals surface area contributed by atoms with Gasteiger partial charge < -0.3 is 10.2 Å². The van der Waals surface area contributed by atoms with Crippen LogP contribution in [-0.2, 0) is 28.8 Å². The molecule has 1 radical (unpaired) electrons. The molecule has 2 saturated carbocycles. The fourth-order valence-electron chi connectivity index (χ4n) is 5.54. The van der Waals surface area contributed by atoms with Gasteiger partial charge in [0.1, 0.15) is 5.75 Å². The van der Waals surface area contributed by atoms with Crippen molar-refractivity contribution in [2.75, 3.05) is 0 Å². The van der Waals surface area contributed by atoms with E-state index < -0.39 is 0 Å². The molecule has 119 valence electrons. The summed E-state index contributed by atoms with van der Waals surface area (Å²) in [5, 5.41) is 20.0. The number of aromatic hydroxyl groups is 1. The molecule has 2 nitrogen and oxygen atoms in total. The molecule has 2 N–H and O–H groups in total. The molecule has 0 aliphatic heterocycles. The van der Waals surface area contributed by atoms with Crippen LogP contribution in [0.1, 0.15) is 56.1 Å². The van der Waals surface area contributed by atoms with Gasteiger partial charge in [-0.15, -0.1) is 0 Å². The minimum atomic E-state index is -0.0883. The zero-order valence-corrected chi connectivity index (χ0v) is 14.6. The molecule has 3 aliphatic carbocycles. The van der Waals surface area contributed by atoms with Crippen LogP contribution in [0.4, 0.5) is 0 Å². The Hall–Kier alpha value is -0.280. The first kappa shape index (κ1) is 15.6.